The van der Waals surface area contributed by atoms with Gasteiger partial charge in [-0.25, -0.2) is 14.4 Å². The van der Waals surface area contributed by atoms with E-state index < -0.39 is 0 Å². The van der Waals surface area contributed by atoms with Crippen molar-refractivity contribution in [1.82, 2.24) is 20.2 Å². The number of benzene rings is 4. The molecule has 1 aliphatic rings. The lowest BCUT2D eigenvalue weighted by Crippen LogP contribution is -2.37. The van der Waals surface area contributed by atoms with Gasteiger partial charge in [-0.3, -0.25) is 9.69 Å². The summed E-state index contributed by atoms with van der Waals surface area (Å²) in [4.78, 5) is 24.0. The van der Waals surface area contributed by atoms with E-state index in [-0.39, 0.29) is 11.7 Å². The van der Waals surface area contributed by atoms with Crippen LogP contribution in [0.1, 0.15) is 21.5 Å². The summed E-state index contributed by atoms with van der Waals surface area (Å²) in [5.74, 6) is 1.72. The van der Waals surface area contributed by atoms with E-state index in [1.807, 2.05) is 48.5 Å². The minimum Gasteiger partial charge on any atom is -0.493 e. The molecule has 5 aromatic rings. The highest BCUT2D eigenvalue weighted by Crippen LogP contribution is 2.33. The number of carbonyl (C=O) groups excluding carboxylic acids is 1. The van der Waals surface area contributed by atoms with Crippen molar-refractivity contribution in [3.05, 3.63) is 108 Å². The predicted molar refractivity (Wildman–Crippen MR) is 166 cm³/mol. The first-order chi connectivity index (χ1) is 21.0. The number of methoxy groups -OCH3 is 2. The van der Waals surface area contributed by atoms with Gasteiger partial charge in [-0.15, -0.1) is 0 Å². The standard InChI is InChI=1S/C34H32FN5O3/c1-42-31-18-25-13-15-40(20-26(25)19-32(31)43-2)16-14-36-34(41)23-5-3-22(4-6-23)24-7-12-30-29(17-24)33(38-21-37-30)39-28-10-8-27(35)9-11-28/h3-12,17-19,21H,13-16,20H2,1-2H3,(H,36,41)(H,37,38,39). The zero-order valence-electron chi connectivity index (χ0n) is 24.1. The molecule has 2 N–H and O–H groups in total. The van der Waals surface area contributed by atoms with Crippen LogP contribution in [0.5, 0.6) is 11.5 Å². The molecular weight excluding hydrogens is 545 g/mol. The van der Waals surface area contributed by atoms with Crippen LogP contribution in [0.3, 0.4) is 0 Å². The molecule has 0 saturated carbocycles. The maximum Gasteiger partial charge on any atom is 0.251 e. The van der Waals surface area contributed by atoms with Crippen molar-refractivity contribution in [2.45, 2.75) is 13.0 Å². The summed E-state index contributed by atoms with van der Waals surface area (Å²) in [7, 11) is 3.30. The van der Waals surface area contributed by atoms with Gasteiger partial charge in [0.05, 0.1) is 19.7 Å². The van der Waals surface area contributed by atoms with Gasteiger partial charge < -0.3 is 20.1 Å². The topological polar surface area (TPSA) is 88.6 Å². The van der Waals surface area contributed by atoms with E-state index in [4.69, 9.17) is 9.47 Å². The molecule has 4 aromatic carbocycles. The number of rotatable bonds is 9. The number of amides is 1. The Kier molecular flexibility index (Phi) is 8.15. The summed E-state index contributed by atoms with van der Waals surface area (Å²) < 4.78 is 24.2. The fourth-order valence-electron chi connectivity index (χ4n) is 5.38. The van der Waals surface area contributed by atoms with Crippen LogP contribution in [0.2, 0.25) is 0 Å². The third-order valence-corrected chi connectivity index (χ3v) is 7.73. The van der Waals surface area contributed by atoms with Crippen molar-refractivity contribution in [2.24, 2.45) is 0 Å². The number of nitrogens with one attached hydrogen (secondary N) is 2. The number of anilines is 2. The fourth-order valence-corrected chi connectivity index (χ4v) is 5.38. The van der Waals surface area contributed by atoms with Crippen LogP contribution in [0.15, 0.2) is 85.2 Å². The summed E-state index contributed by atoms with van der Waals surface area (Å²) in [6.45, 7) is 3.03. The normalized spacial score (nSPS) is 12.9. The maximum atomic E-state index is 13.3. The Morgan fingerprint density at radius 1 is 0.884 bits per heavy atom. The van der Waals surface area contributed by atoms with Gasteiger partial charge in [-0.2, -0.15) is 0 Å². The molecule has 0 atom stereocenters. The van der Waals surface area contributed by atoms with Gasteiger partial charge in [0.1, 0.15) is 18.0 Å². The molecule has 1 aliphatic heterocycles. The molecule has 0 bridgehead atoms. The molecule has 6 rings (SSSR count). The largest absolute Gasteiger partial charge is 0.493 e. The highest BCUT2D eigenvalue weighted by molar-refractivity contribution is 5.96. The van der Waals surface area contributed by atoms with Gasteiger partial charge in [-0.05, 0) is 89.3 Å². The zero-order chi connectivity index (χ0) is 29.8. The maximum absolute atomic E-state index is 13.3. The van der Waals surface area contributed by atoms with Crippen LogP contribution in [-0.2, 0) is 13.0 Å². The molecule has 8 nitrogen and oxygen atoms in total. The van der Waals surface area contributed by atoms with Crippen molar-refractivity contribution in [3.63, 3.8) is 0 Å². The van der Waals surface area contributed by atoms with Crippen LogP contribution >= 0.6 is 0 Å². The fraction of sp³-hybridized carbons (Fsp3) is 0.206. The lowest BCUT2D eigenvalue weighted by Gasteiger charge is -2.29. The van der Waals surface area contributed by atoms with Crippen molar-refractivity contribution in [1.29, 1.82) is 0 Å². The summed E-state index contributed by atoms with van der Waals surface area (Å²) >= 11 is 0. The second-order valence-electron chi connectivity index (χ2n) is 10.4. The number of carbonyl (C=O) groups is 1. The Balaban J connectivity index is 1.08. The third-order valence-electron chi connectivity index (χ3n) is 7.73. The summed E-state index contributed by atoms with van der Waals surface area (Å²) in [5, 5.41) is 7.14. The van der Waals surface area contributed by atoms with Gasteiger partial charge in [0.2, 0.25) is 0 Å². The molecule has 0 spiro atoms. The number of aromatic nitrogens is 2. The zero-order valence-corrected chi connectivity index (χ0v) is 24.1. The van der Waals surface area contributed by atoms with Crippen LogP contribution in [0, 0.1) is 5.82 Å². The summed E-state index contributed by atoms with van der Waals surface area (Å²) in [6, 6.07) is 23.7. The van der Waals surface area contributed by atoms with E-state index in [1.165, 1.54) is 29.6 Å². The minimum absolute atomic E-state index is 0.104. The SMILES string of the molecule is COc1cc2c(cc1OC)CN(CCNC(=O)c1ccc(-c3ccc4ncnc(Nc5ccc(F)cc5)c4c3)cc1)CC2. The highest BCUT2D eigenvalue weighted by atomic mass is 19.1. The molecule has 0 aliphatic carbocycles. The average molecular weight is 578 g/mol. The monoisotopic (exact) mass is 577 g/mol. The predicted octanol–water partition coefficient (Wildman–Crippen LogP) is 5.98. The Hall–Kier alpha value is -5.02. The van der Waals surface area contributed by atoms with Crippen LogP contribution in [0.4, 0.5) is 15.9 Å². The van der Waals surface area contributed by atoms with E-state index in [1.54, 1.807) is 26.4 Å². The second-order valence-corrected chi connectivity index (χ2v) is 10.4. The number of ether oxygens (including phenoxy) is 2. The highest BCUT2D eigenvalue weighted by Gasteiger charge is 2.19. The number of halogens is 1. The first-order valence-electron chi connectivity index (χ1n) is 14.1. The second kappa shape index (κ2) is 12.5. The molecular formula is C34H32FN5O3. The Morgan fingerprint density at radius 3 is 2.35 bits per heavy atom. The third kappa shape index (κ3) is 6.27. The average Bonchev–Trinajstić information content (AvgIpc) is 3.05. The molecule has 0 radical (unpaired) electrons. The molecule has 0 fully saturated rings. The van der Waals surface area contributed by atoms with E-state index in [0.717, 1.165) is 65.3 Å². The molecule has 1 amide bonds. The van der Waals surface area contributed by atoms with Gasteiger partial charge in [0, 0.05) is 42.8 Å². The van der Waals surface area contributed by atoms with E-state index in [2.05, 4.69) is 31.6 Å². The molecule has 1 aromatic heterocycles. The van der Waals surface area contributed by atoms with E-state index in [0.29, 0.717) is 17.9 Å². The molecule has 43 heavy (non-hydrogen) atoms. The molecule has 218 valence electrons. The van der Waals surface area contributed by atoms with Gasteiger partial charge >= 0.3 is 0 Å². The van der Waals surface area contributed by atoms with E-state index in [9.17, 15) is 9.18 Å². The van der Waals surface area contributed by atoms with Crippen molar-refractivity contribution < 1.29 is 18.7 Å². The van der Waals surface area contributed by atoms with Crippen LogP contribution < -0.4 is 20.1 Å². The number of hydrogen-bond donors (Lipinski definition) is 2. The number of nitrogens with zero attached hydrogens (tertiary/aromatic N) is 3. The Bertz CT molecular complexity index is 1760. The molecule has 0 unspecified atom stereocenters. The lowest BCUT2D eigenvalue weighted by atomic mass is 9.99. The van der Waals surface area contributed by atoms with Crippen molar-refractivity contribution in [2.75, 3.05) is 39.2 Å². The van der Waals surface area contributed by atoms with Gasteiger partial charge in [0.15, 0.2) is 11.5 Å². The molecule has 0 saturated heterocycles. The Labute approximate surface area is 249 Å². The van der Waals surface area contributed by atoms with E-state index >= 15 is 0 Å². The van der Waals surface area contributed by atoms with Crippen molar-refractivity contribution >= 4 is 28.3 Å². The summed E-state index contributed by atoms with van der Waals surface area (Å²) in [6.07, 6.45) is 2.43. The first kappa shape index (κ1) is 28.1. The number of hydrogen-bond acceptors (Lipinski definition) is 7. The Morgan fingerprint density at radius 2 is 1.60 bits per heavy atom. The first-order valence-corrected chi connectivity index (χ1v) is 14.1. The smallest absolute Gasteiger partial charge is 0.251 e. The van der Waals surface area contributed by atoms with Crippen LogP contribution in [0.25, 0.3) is 22.0 Å². The quantitative estimate of drug-likeness (QED) is 0.223. The minimum atomic E-state index is -0.297. The number of fused-ring (bicyclic) bond motifs is 2. The van der Waals surface area contributed by atoms with Gasteiger partial charge in [0.25, 0.3) is 5.91 Å². The molecule has 9 heteroatoms. The summed E-state index contributed by atoms with van der Waals surface area (Å²) in [5.41, 5.74) is 6.56. The van der Waals surface area contributed by atoms with Crippen molar-refractivity contribution in [3.8, 4) is 22.6 Å². The van der Waals surface area contributed by atoms with Gasteiger partial charge in [-0.1, -0.05) is 18.2 Å². The molecule has 2 heterocycles. The lowest BCUT2D eigenvalue weighted by molar-refractivity contribution is 0.0947. The van der Waals surface area contributed by atoms with Crippen LogP contribution in [-0.4, -0.2) is 54.6 Å².